The number of hydrogen-bond donors (Lipinski definition) is 5. The third-order valence-corrected chi connectivity index (χ3v) is 14.7. The monoisotopic (exact) mass is 1180 g/mol. The average molecular weight is 1180 g/mol. The molecule has 444 valence electrons. The summed E-state index contributed by atoms with van der Waals surface area (Å²) in [5.41, 5.74) is 1.17. The Hall–Kier alpha value is -5.02. The number of aliphatic hydroxyl groups is 2. The molecular weight excluding hydrogens is 1120 g/mol. The number of ether oxygens (including phenoxy) is 10. The summed E-state index contributed by atoms with van der Waals surface area (Å²) in [6.07, 6.45) is -3.18. The van der Waals surface area contributed by atoms with Crippen LogP contribution in [0.15, 0.2) is 48.8 Å². The number of carbonyl (C=O) groups excluding carboxylic acids is 1. The van der Waals surface area contributed by atoms with Crippen LogP contribution in [0.1, 0.15) is 29.7 Å². The van der Waals surface area contributed by atoms with Gasteiger partial charge in [-0.3, -0.25) is 13.9 Å². The second-order valence-corrected chi connectivity index (χ2v) is 21.4. The Bertz CT molecular complexity index is 2780. The standard InChI is InChI=1S/C47H64F4N8O19P2/c1-32-53-45(36-26-52-59(46(36)54-32)47-43(62)42(61)40(77-47)30-76-80(66,67)31-79(63,64)65)57(27-33-4-2-3-5-37(33)49)7-10-69-13-16-72-20-21-74-22-23-75-29-35-28-58(56-55-35)8-11-70-14-17-73-19-18-71-15-12-68-9-6-41(60)78-44-38(50)24-34(48)25-39(44)51/h2-5,24-26,28,40,42-43,47,61-62H,6-23,27,29-31H2,1H3,(H,66,67)(H2,63,64,65)/t40-,42-,43-,47-/m1/s1. The highest BCUT2D eigenvalue weighted by atomic mass is 31.2. The van der Waals surface area contributed by atoms with Crippen LogP contribution >= 0.6 is 15.2 Å². The lowest BCUT2D eigenvalue weighted by Crippen LogP contribution is -2.34. The summed E-state index contributed by atoms with van der Waals surface area (Å²) in [6.45, 7) is 5.70. The van der Waals surface area contributed by atoms with Gasteiger partial charge in [0.05, 0.1) is 143 Å². The van der Waals surface area contributed by atoms with E-state index in [0.717, 1.165) is 0 Å². The largest absolute Gasteiger partial charge is 0.420 e. The zero-order valence-electron chi connectivity index (χ0n) is 43.4. The van der Waals surface area contributed by atoms with Gasteiger partial charge in [-0.15, -0.1) is 5.10 Å². The topological polar surface area (TPSA) is 331 Å². The summed E-state index contributed by atoms with van der Waals surface area (Å²) in [5, 5.41) is 34.6. The Balaban J connectivity index is 0.785. The normalized spacial score (nSPS) is 17.4. The van der Waals surface area contributed by atoms with Gasteiger partial charge < -0.3 is 81.7 Å². The van der Waals surface area contributed by atoms with Gasteiger partial charge in [-0.05, 0) is 13.0 Å². The van der Waals surface area contributed by atoms with Crippen LogP contribution in [-0.4, -0.2) is 202 Å². The predicted octanol–water partition coefficient (Wildman–Crippen LogP) is 2.57. The van der Waals surface area contributed by atoms with Gasteiger partial charge in [0.15, 0.2) is 29.4 Å². The van der Waals surface area contributed by atoms with Gasteiger partial charge in [0.25, 0.3) is 0 Å². The third-order valence-electron chi connectivity index (χ3n) is 11.2. The minimum absolute atomic E-state index is 0.0636. The fraction of sp³-hybridized carbons (Fsp3) is 0.574. The summed E-state index contributed by atoms with van der Waals surface area (Å²) in [6, 6.07) is 7.05. The first-order chi connectivity index (χ1) is 38.4. The maximum Gasteiger partial charge on any atom is 0.340 e. The summed E-state index contributed by atoms with van der Waals surface area (Å²) < 4.78 is 141. The molecule has 3 aromatic heterocycles. The zero-order chi connectivity index (χ0) is 57.5. The van der Waals surface area contributed by atoms with Gasteiger partial charge in [0.2, 0.25) is 5.75 Å². The highest BCUT2D eigenvalue weighted by Crippen LogP contribution is 2.55. The van der Waals surface area contributed by atoms with Gasteiger partial charge in [0, 0.05) is 30.8 Å². The molecule has 1 saturated heterocycles. The third kappa shape index (κ3) is 21.4. The number of benzene rings is 2. The van der Waals surface area contributed by atoms with E-state index in [1.165, 1.54) is 16.9 Å². The molecule has 0 bridgehead atoms. The van der Waals surface area contributed by atoms with Crippen molar-refractivity contribution < 1.29 is 108 Å². The van der Waals surface area contributed by atoms with Crippen molar-refractivity contribution in [2.75, 3.05) is 123 Å². The molecule has 4 heterocycles. The van der Waals surface area contributed by atoms with Crippen molar-refractivity contribution >= 4 is 38.0 Å². The molecule has 5 aromatic rings. The van der Waals surface area contributed by atoms with Crippen molar-refractivity contribution in [3.8, 4) is 5.75 Å². The van der Waals surface area contributed by atoms with Gasteiger partial charge in [-0.25, -0.2) is 36.9 Å². The number of halogens is 4. The molecule has 5 N–H and O–H groups in total. The summed E-state index contributed by atoms with van der Waals surface area (Å²) in [7, 11) is -9.72. The van der Waals surface area contributed by atoms with Gasteiger partial charge >= 0.3 is 21.2 Å². The summed E-state index contributed by atoms with van der Waals surface area (Å²) >= 11 is 0. The Morgan fingerprint density at radius 2 is 1.34 bits per heavy atom. The molecule has 2 aromatic carbocycles. The molecule has 33 heteroatoms. The van der Waals surface area contributed by atoms with Crippen molar-refractivity contribution in [2.45, 2.75) is 57.6 Å². The number of aryl methyl sites for hydroxylation is 1. The van der Waals surface area contributed by atoms with Gasteiger partial charge in [-0.2, -0.15) is 5.10 Å². The lowest BCUT2D eigenvalue weighted by Gasteiger charge is -2.25. The van der Waals surface area contributed by atoms with E-state index in [1.807, 2.05) is 0 Å². The number of hydrogen-bond acceptors (Lipinski definition) is 22. The number of rotatable bonds is 39. The predicted molar refractivity (Wildman–Crippen MR) is 268 cm³/mol. The Labute approximate surface area is 455 Å². The quantitative estimate of drug-likeness (QED) is 0.0124. The number of fused-ring (bicyclic) bond motifs is 1. The summed E-state index contributed by atoms with van der Waals surface area (Å²) in [4.78, 5) is 50.8. The van der Waals surface area contributed by atoms with E-state index >= 15 is 0 Å². The molecule has 0 spiro atoms. The number of anilines is 1. The zero-order valence-corrected chi connectivity index (χ0v) is 45.2. The minimum Gasteiger partial charge on any atom is -0.420 e. The molecule has 1 aliphatic rings. The van der Waals surface area contributed by atoms with Gasteiger partial charge in [0.1, 0.15) is 47.3 Å². The van der Waals surface area contributed by atoms with Crippen molar-refractivity contribution in [3.05, 3.63) is 89.1 Å². The SMILES string of the molecule is Cc1nc(N(CCOCCOCCOCCOCc2cn(CCOCCOCCOCCOCCC(=O)Oc3c(F)cc(F)cc3F)nn2)Cc2ccccc2F)c2cnn([C@@H]3O[C@H](COP(=O)(O)CP(=O)(O)O)[C@@H](O)[C@H]3O)c2n1. The van der Waals surface area contributed by atoms with Crippen molar-refractivity contribution in [1.82, 2.24) is 34.7 Å². The molecule has 1 fully saturated rings. The maximum atomic E-state index is 15.0. The number of aliphatic hydroxyl groups excluding tert-OH is 2. The van der Waals surface area contributed by atoms with E-state index in [9.17, 15) is 46.6 Å². The van der Waals surface area contributed by atoms with Crippen LogP contribution < -0.4 is 9.64 Å². The van der Waals surface area contributed by atoms with Crippen LogP contribution in [0.2, 0.25) is 0 Å². The van der Waals surface area contributed by atoms with E-state index in [4.69, 9.17) is 56.9 Å². The maximum absolute atomic E-state index is 15.0. The number of esters is 1. The molecule has 0 radical (unpaired) electrons. The molecule has 27 nitrogen and oxygen atoms in total. The minimum atomic E-state index is -4.92. The van der Waals surface area contributed by atoms with E-state index in [1.54, 1.807) is 40.9 Å². The van der Waals surface area contributed by atoms with E-state index in [2.05, 4.69) is 30.1 Å². The van der Waals surface area contributed by atoms with Crippen molar-refractivity contribution in [2.24, 2.45) is 0 Å². The van der Waals surface area contributed by atoms with Crippen LogP contribution in [-0.2, 0) is 80.8 Å². The molecule has 6 rings (SSSR count). The van der Waals surface area contributed by atoms with E-state index in [0.29, 0.717) is 101 Å². The second-order valence-electron chi connectivity index (χ2n) is 17.5. The summed E-state index contributed by atoms with van der Waals surface area (Å²) in [5.74, 6) is -6.96. The Morgan fingerprint density at radius 3 is 1.96 bits per heavy atom. The van der Waals surface area contributed by atoms with Crippen LogP contribution in [0, 0.1) is 30.2 Å². The number of carbonyl (C=O) groups is 1. The first-order valence-corrected chi connectivity index (χ1v) is 28.5. The Kier molecular flexibility index (Phi) is 26.1. The van der Waals surface area contributed by atoms with E-state index in [-0.39, 0.29) is 77.2 Å². The number of nitrogens with zero attached hydrogens (tertiary/aromatic N) is 8. The molecule has 0 aliphatic carbocycles. The molecular formula is C47H64F4N8O19P2. The van der Waals surface area contributed by atoms with Crippen LogP contribution in [0.5, 0.6) is 5.75 Å². The Morgan fingerprint density at radius 1 is 0.750 bits per heavy atom. The number of aromatic nitrogens is 7. The smallest absolute Gasteiger partial charge is 0.340 e. The lowest BCUT2D eigenvalue weighted by molar-refractivity contribution is -0.136. The van der Waals surface area contributed by atoms with Crippen molar-refractivity contribution in [1.29, 1.82) is 0 Å². The molecule has 1 unspecified atom stereocenters. The molecule has 0 amide bonds. The molecule has 80 heavy (non-hydrogen) atoms. The van der Waals surface area contributed by atoms with Crippen molar-refractivity contribution in [3.63, 3.8) is 0 Å². The average Bonchev–Trinajstić information content (AvgIpc) is 4.30. The van der Waals surface area contributed by atoms with E-state index < -0.39 is 87.2 Å². The lowest BCUT2D eigenvalue weighted by atomic mass is 10.1. The molecule has 1 aliphatic heterocycles. The highest BCUT2D eigenvalue weighted by Gasteiger charge is 2.46. The highest BCUT2D eigenvalue weighted by molar-refractivity contribution is 7.70. The molecule has 5 atom stereocenters. The van der Waals surface area contributed by atoms with Crippen LogP contribution in [0.3, 0.4) is 0 Å². The first kappa shape index (κ1) is 64.2. The van der Waals surface area contributed by atoms with Crippen LogP contribution in [0.4, 0.5) is 23.4 Å². The molecule has 0 saturated carbocycles. The fourth-order valence-corrected chi connectivity index (χ4v) is 10.0. The first-order valence-electron chi connectivity index (χ1n) is 25.0. The van der Waals surface area contributed by atoms with Crippen LogP contribution in [0.25, 0.3) is 11.0 Å². The van der Waals surface area contributed by atoms with Gasteiger partial charge in [-0.1, -0.05) is 23.4 Å². The second kappa shape index (κ2) is 32.6. The fourth-order valence-electron chi connectivity index (χ4n) is 7.46.